The van der Waals surface area contributed by atoms with E-state index in [1.54, 1.807) is 18.1 Å². The summed E-state index contributed by atoms with van der Waals surface area (Å²) in [5, 5.41) is 0.905. The average molecular weight is 200 g/mol. The standard InChI is InChI=1S/C10H6N3S/c1-2-4-8-7(3-1)5-11-9-10(14-8)13-6-12-9/h1-4,6H,(H,12,13). The number of nitrogens with one attached hydrogen (secondary N) is 1. The minimum Gasteiger partial charge on any atom is -0.329 e. The molecule has 4 heteroatoms. The summed E-state index contributed by atoms with van der Waals surface area (Å²) in [7, 11) is 0. The van der Waals surface area contributed by atoms with Gasteiger partial charge in [0.05, 0.1) is 6.33 Å². The summed E-state index contributed by atoms with van der Waals surface area (Å²) in [6.07, 6.45) is 4.65. The molecule has 0 amide bonds. The highest BCUT2D eigenvalue weighted by atomic mass is 32.2. The zero-order valence-corrected chi connectivity index (χ0v) is 8.01. The summed E-state index contributed by atoms with van der Waals surface area (Å²) < 4.78 is 0. The van der Waals surface area contributed by atoms with E-state index in [-0.39, 0.29) is 0 Å². The first-order valence-corrected chi connectivity index (χ1v) is 5.02. The molecular formula is C10H6N3S. The predicted molar refractivity (Wildman–Crippen MR) is 55.3 cm³/mol. The molecule has 1 radical (unpaired) electrons. The Bertz CT molecular complexity index is 502. The Morgan fingerprint density at radius 3 is 3.21 bits per heavy atom. The molecule has 1 aromatic heterocycles. The van der Waals surface area contributed by atoms with Crippen LogP contribution in [-0.4, -0.2) is 16.2 Å². The van der Waals surface area contributed by atoms with Crippen molar-refractivity contribution in [1.82, 2.24) is 9.97 Å². The van der Waals surface area contributed by atoms with Gasteiger partial charge in [-0.15, -0.1) is 0 Å². The molecule has 3 rings (SSSR count). The van der Waals surface area contributed by atoms with Crippen LogP contribution in [-0.2, 0) is 0 Å². The third-order valence-electron chi connectivity index (χ3n) is 1.97. The van der Waals surface area contributed by atoms with E-state index in [0.29, 0.717) is 0 Å². The van der Waals surface area contributed by atoms with Gasteiger partial charge < -0.3 is 4.98 Å². The largest absolute Gasteiger partial charge is 0.329 e. The summed E-state index contributed by atoms with van der Waals surface area (Å²) in [5.74, 6) is 0.784. The summed E-state index contributed by atoms with van der Waals surface area (Å²) in [5.41, 5.74) is 1.02. The van der Waals surface area contributed by atoms with Crippen molar-refractivity contribution in [1.29, 1.82) is 0 Å². The zero-order valence-electron chi connectivity index (χ0n) is 7.19. The highest BCUT2D eigenvalue weighted by Gasteiger charge is 2.12. The Morgan fingerprint density at radius 1 is 1.29 bits per heavy atom. The number of hydrogen-bond donors (Lipinski definition) is 1. The first kappa shape index (κ1) is 7.82. The van der Waals surface area contributed by atoms with E-state index in [9.17, 15) is 0 Å². The van der Waals surface area contributed by atoms with Crippen LogP contribution in [0.3, 0.4) is 0 Å². The molecule has 0 atom stereocenters. The van der Waals surface area contributed by atoms with Crippen molar-refractivity contribution in [2.75, 3.05) is 0 Å². The van der Waals surface area contributed by atoms with E-state index in [1.807, 2.05) is 24.3 Å². The fraction of sp³-hybridized carbons (Fsp3) is 0. The van der Waals surface area contributed by atoms with Crippen molar-refractivity contribution >= 4 is 23.8 Å². The molecule has 0 saturated heterocycles. The van der Waals surface area contributed by atoms with Gasteiger partial charge in [0.25, 0.3) is 0 Å². The second-order valence-electron chi connectivity index (χ2n) is 2.88. The van der Waals surface area contributed by atoms with E-state index in [0.717, 1.165) is 21.3 Å². The summed E-state index contributed by atoms with van der Waals surface area (Å²) in [4.78, 5) is 12.5. The molecule has 14 heavy (non-hydrogen) atoms. The minimum absolute atomic E-state index is 0.784. The molecule has 0 unspecified atom stereocenters. The lowest BCUT2D eigenvalue weighted by Crippen LogP contribution is -1.82. The molecule has 0 aliphatic carbocycles. The molecular weight excluding hydrogens is 194 g/mol. The molecule has 67 valence electrons. The number of aromatic nitrogens is 2. The highest BCUT2D eigenvalue weighted by molar-refractivity contribution is 7.99. The SMILES string of the molecule is [C]1=Nc2[nH]cnc2Sc2ccccc21. The lowest BCUT2D eigenvalue weighted by Gasteiger charge is -1.98. The normalized spacial score (nSPS) is 13.1. The first-order valence-electron chi connectivity index (χ1n) is 4.20. The van der Waals surface area contributed by atoms with Gasteiger partial charge in [0, 0.05) is 10.5 Å². The lowest BCUT2D eigenvalue weighted by molar-refractivity contribution is 1.19. The second-order valence-corrected chi connectivity index (χ2v) is 3.91. The van der Waals surface area contributed by atoms with Crippen LogP contribution in [0.4, 0.5) is 5.82 Å². The maximum atomic E-state index is 4.20. The Kier molecular flexibility index (Phi) is 1.67. The van der Waals surface area contributed by atoms with E-state index in [2.05, 4.69) is 21.2 Å². The second kappa shape index (κ2) is 2.99. The molecule has 0 bridgehead atoms. The van der Waals surface area contributed by atoms with Gasteiger partial charge in [-0.05, 0) is 6.07 Å². The quantitative estimate of drug-likeness (QED) is 0.605. The zero-order chi connectivity index (χ0) is 9.38. The number of aliphatic imine (C=N–C) groups is 1. The number of aromatic amines is 1. The molecule has 2 heterocycles. The molecule has 3 nitrogen and oxygen atoms in total. The molecule has 2 aromatic rings. The average Bonchev–Trinajstić information content (AvgIpc) is 2.58. The maximum absolute atomic E-state index is 4.20. The summed E-state index contributed by atoms with van der Waals surface area (Å²) in [6, 6.07) is 8.03. The van der Waals surface area contributed by atoms with E-state index >= 15 is 0 Å². The van der Waals surface area contributed by atoms with Crippen LogP contribution in [0, 0.1) is 0 Å². The van der Waals surface area contributed by atoms with Gasteiger partial charge in [0.1, 0.15) is 11.2 Å². The maximum Gasteiger partial charge on any atom is 0.164 e. The molecule has 1 N–H and O–H groups in total. The number of nitrogens with zero attached hydrogens (tertiary/aromatic N) is 2. The number of imidazole rings is 1. The van der Waals surface area contributed by atoms with Gasteiger partial charge in [0.2, 0.25) is 0 Å². The number of fused-ring (bicyclic) bond motifs is 2. The van der Waals surface area contributed by atoms with Crippen LogP contribution in [0.5, 0.6) is 0 Å². The number of hydrogen-bond acceptors (Lipinski definition) is 3. The van der Waals surface area contributed by atoms with Crippen molar-refractivity contribution in [3.63, 3.8) is 0 Å². The van der Waals surface area contributed by atoms with Gasteiger partial charge >= 0.3 is 0 Å². The van der Waals surface area contributed by atoms with Gasteiger partial charge in [-0.2, -0.15) is 0 Å². The van der Waals surface area contributed by atoms with Gasteiger partial charge in [-0.25, -0.2) is 9.98 Å². The molecule has 1 aliphatic heterocycles. The van der Waals surface area contributed by atoms with Gasteiger partial charge in [-0.3, -0.25) is 0 Å². The van der Waals surface area contributed by atoms with E-state index in [1.165, 1.54) is 0 Å². The fourth-order valence-corrected chi connectivity index (χ4v) is 2.18. The molecule has 0 fully saturated rings. The van der Waals surface area contributed by atoms with Crippen molar-refractivity contribution in [2.45, 2.75) is 9.92 Å². The third-order valence-corrected chi connectivity index (χ3v) is 3.04. The Labute approximate surface area is 85.3 Å². The number of H-pyrrole nitrogens is 1. The smallest absolute Gasteiger partial charge is 0.164 e. The Morgan fingerprint density at radius 2 is 2.21 bits per heavy atom. The van der Waals surface area contributed by atoms with Crippen molar-refractivity contribution in [3.8, 4) is 0 Å². The van der Waals surface area contributed by atoms with Gasteiger partial charge in [0.15, 0.2) is 5.82 Å². The highest BCUT2D eigenvalue weighted by Crippen LogP contribution is 2.35. The first-order chi connectivity index (χ1) is 6.93. The van der Waals surface area contributed by atoms with Crippen LogP contribution in [0.2, 0.25) is 0 Å². The van der Waals surface area contributed by atoms with Crippen molar-refractivity contribution < 1.29 is 0 Å². The van der Waals surface area contributed by atoms with Crippen LogP contribution >= 0.6 is 11.8 Å². The predicted octanol–water partition coefficient (Wildman–Crippen LogP) is 2.50. The number of benzene rings is 1. The summed E-state index contributed by atoms with van der Waals surface area (Å²) >= 11 is 1.61. The van der Waals surface area contributed by atoms with Crippen LogP contribution in [0.1, 0.15) is 5.56 Å². The van der Waals surface area contributed by atoms with Crippen LogP contribution in [0.15, 0.2) is 45.5 Å². The van der Waals surface area contributed by atoms with Crippen molar-refractivity contribution in [3.05, 3.63) is 36.2 Å². The number of rotatable bonds is 0. The van der Waals surface area contributed by atoms with Gasteiger partial charge in [-0.1, -0.05) is 30.0 Å². The topological polar surface area (TPSA) is 41.0 Å². The van der Waals surface area contributed by atoms with E-state index < -0.39 is 0 Å². The minimum atomic E-state index is 0.784. The Balaban J connectivity index is 2.19. The molecule has 1 aromatic carbocycles. The molecule has 0 spiro atoms. The Hall–Kier alpha value is -1.55. The molecule has 1 aliphatic rings. The summed E-state index contributed by atoms with van der Waals surface area (Å²) in [6.45, 7) is 0. The fourth-order valence-electron chi connectivity index (χ4n) is 1.30. The third kappa shape index (κ3) is 1.15. The van der Waals surface area contributed by atoms with Crippen LogP contribution < -0.4 is 0 Å². The van der Waals surface area contributed by atoms with Crippen molar-refractivity contribution in [2.24, 2.45) is 4.99 Å². The van der Waals surface area contributed by atoms with Crippen LogP contribution in [0.25, 0.3) is 0 Å². The molecule has 0 saturated carbocycles. The monoisotopic (exact) mass is 200 g/mol. The lowest BCUT2D eigenvalue weighted by atomic mass is 10.2. The van der Waals surface area contributed by atoms with E-state index in [4.69, 9.17) is 0 Å².